The largest absolute Gasteiger partial charge is 0.460 e. The molecule has 1 aliphatic rings. The minimum atomic E-state index is -0.438. The fourth-order valence-corrected chi connectivity index (χ4v) is 1.11. The quantitative estimate of drug-likeness (QED) is 0.695. The highest BCUT2D eigenvalue weighted by molar-refractivity contribution is 5.80. The highest BCUT2D eigenvalue weighted by Crippen LogP contribution is 2.07. The maximum Gasteiger partial charge on any atom is 0.308 e. The Morgan fingerprint density at radius 1 is 1.56 bits per heavy atom. The lowest BCUT2D eigenvalue weighted by Crippen LogP contribution is -2.42. The molecule has 0 aliphatic carbocycles. The highest BCUT2D eigenvalue weighted by atomic mass is 16.6. The molecule has 1 amide bonds. The van der Waals surface area contributed by atoms with Crippen molar-refractivity contribution in [2.75, 3.05) is 19.8 Å². The number of hydrogen-bond donors (Lipinski definition) is 2. The fraction of sp³-hybridized carbons (Fsp3) is 0.833. The van der Waals surface area contributed by atoms with Crippen molar-refractivity contribution in [1.82, 2.24) is 5.32 Å². The Morgan fingerprint density at radius 3 is 2.50 bits per heavy atom. The van der Waals surface area contributed by atoms with Crippen LogP contribution in [0.4, 0.5) is 0 Å². The lowest BCUT2D eigenvalue weighted by molar-refractivity contribution is -0.155. The van der Waals surface area contributed by atoms with Crippen LogP contribution in [0, 0.1) is 0 Å². The summed E-state index contributed by atoms with van der Waals surface area (Å²) in [7, 11) is 0. The minimum Gasteiger partial charge on any atom is -0.460 e. The summed E-state index contributed by atoms with van der Waals surface area (Å²) in [5.74, 6) is -0.355. The minimum absolute atomic E-state index is 0.00347. The first-order chi connectivity index (χ1) is 8.26. The molecule has 1 fully saturated rings. The number of amides is 1. The number of hydrogen-bond acceptors (Lipinski definition) is 5. The van der Waals surface area contributed by atoms with E-state index < -0.39 is 5.60 Å². The van der Waals surface area contributed by atoms with Crippen LogP contribution in [0.25, 0.3) is 0 Å². The lowest BCUT2D eigenvalue weighted by atomic mass is 10.2. The van der Waals surface area contributed by atoms with Crippen molar-refractivity contribution >= 4 is 11.9 Å². The van der Waals surface area contributed by atoms with Crippen LogP contribution in [-0.4, -0.2) is 48.4 Å². The molecule has 1 aliphatic heterocycles. The molecule has 1 rings (SSSR count). The number of aliphatic hydroxyl groups is 1. The molecule has 0 saturated carbocycles. The molecular weight excluding hydrogens is 238 g/mol. The van der Waals surface area contributed by atoms with E-state index in [4.69, 9.17) is 14.6 Å². The van der Waals surface area contributed by atoms with Crippen LogP contribution >= 0.6 is 0 Å². The topological polar surface area (TPSA) is 84.9 Å². The summed E-state index contributed by atoms with van der Waals surface area (Å²) in [6.07, 6.45) is -0.166. The first-order valence-electron chi connectivity index (χ1n) is 5.98. The van der Waals surface area contributed by atoms with E-state index in [9.17, 15) is 9.59 Å². The Balaban J connectivity index is 0.000000327. The Labute approximate surface area is 108 Å². The summed E-state index contributed by atoms with van der Waals surface area (Å²) in [6, 6.07) is 0. The Morgan fingerprint density at radius 2 is 2.17 bits per heavy atom. The molecule has 0 aromatic rings. The van der Waals surface area contributed by atoms with Gasteiger partial charge < -0.3 is 19.9 Å². The molecule has 106 valence electrons. The molecule has 0 unspecified atom stereocenters. The van der Waals surface area contributed by atoms with Gasteiger partial charge in [-0.3, -0.25) is 9.59 Å². The van der Waals surface area contributed by atoms with Gasteiger partial charge in [0.2, 0.25) is 5.91 Å². The second kappa shape index (κ2) is 8.05. The van der Waals surface area contributed by atoms with Crippen molar-refractivity contribution < 1.29 is 24.2 Å². The molecular formula is C12H23NO5. The average molecular weight is 261 g/mol. The third kappa shape index (κ3) is 8.95. The monoisotopic (exact) mass is 261 g/mol. The van der Waals surface area contributed by atoms with Crippen molar-refractivity contribution in [2.24, 2.45) is 0 Å². The van der Waals surface area contributed by atoms with E-state index in [-0.39, 0.29) is 31.0 Å². The van der Waals surface area contributed by atoms with Crippen LogP contribution in [0.1, 0.15) is 34.1 Å². The zero-order valence-corrected chi connectivity index (χ0v) is 11.5. The zero-order chi connectivity index (χ0) is 14.2. The molecule has 18 heavy (non-hydrogen) atoms. The predicted molar refractivity (Wildman–Crippen MR) is 66.0 cm³/mol. The Hall–Kier alpha value is -1.14. The first kappa shape index (κ1) is 16.9. The molecule has 2 N–H and O–H groups in total. The number of ether oxygens (including phenoxy) is 2. The third-order valence-electron chi connectivity index (χ3n) is 1.87. The van der Waals surface area contributed by atoms with Gasteiger partial charge in [0.1, 0.15) is 11.7 Å². The summed E-state index contributed by atoms with van der Waals surface area (Å²) < 4.78 is 9.86. The molecule has 1 saturated heterocycles. The summed E-state index contributed by atoms with van der Waals surface area (Å²) >= 11 is 0. The van der Waals surface area contributed by atoms with E-state index in [1.807, 2.05) is 0 Å². The summed E-state index contributed by atoms with van der Waals surface area (Å²) in [5.41, 5.74) is -0.438. The first-order valence-corrected chi connectivity index (χ1v) is 5.98. The van der Waals surface area contributed by atoms with Crippen LogP contribution in [0.15, 0.2) is 0 Å². The number of carbonyl (C=O) groups excluding carboxylic acids is 2. The van der Waals surface area contributed by atoms with Gasteiger partial charge in [0.05, 0.1) is 19.6 Å². The molecule has 0 spiro atoms. The standard InChI is InChI=1S/C7H14O3.C5H9NO2/c1-7(2,3)10-6(9)4-5-8;1-4-5(7)6-2-3-8-4/h8H,4-5H2,1-3H3;4H,2-3H2,1H3,(H,6,7)/t;4-/m.1/s1. The molecule has 0 aromatic carbocycles. The molecule has 0 radical (unpaired) electrons. The van der Waals surface area contributed by atoms with Crippen LogP contribution < -0.4 is 5.32 Å². The Kier molecular flexibility index (Phi) is 7.54. The maximum atomic E-state index is 10.7. The Bertz CT molecular complexity index is 272. The zero-order valence-electron chi connectivity index (χ0n) is 11.5. The molecule has 0 bridgehead atoms. The van der Waals surface area contributed by atoms with Crippen molar-refractivity contribution in [3.05, 3.63) is 0 Å². The normalized spacial score (nSPS) is 19.4. The van der Waals surface area contributed by atoms with Crippen LogP contribution in [0.2, 0.25) is 0 Å². The van der Waals surface area contributed by atoms with E-state index in [1.165, 1.54) is 0 Å². The van der Waals surface area contributed by atoms with Gasteiger partial charge in [0.25, 0.3) is 0 Å². The lowest BCUT2D eigenvalue weighted by Gasteiger charge is -2.18. The SMILES string of the molecule is CC(C)(C)OC(=O)CCO.C[C@H]1OCCNC1=O. The maximum absolute atomic E-state index is 10.7. The number of morpholine rings is 1. The van der Waals surface area contributed by atoms with Crippen LogP contribution in [-0.2, 0) is 19.1 Å². The van der Waals surface area contributed by atoms with Gasteiger partial charge in [-0.2, -0.15) is 0 Å². The van der Waals surface area contributed by atoms with Gasteiger partial charge in [0, 0.05) is 6.54 Å². The third-order valence-corrected chi connectivity index (χ3v) is 1.87. The van der Waals surface area contributed by atoms with Gasteiger partial charge in [-0.15, -0.1) is 0 Å². The highest BCUT2D eigenvalue weighted by Gasteiger charge is 2.16. The average Bonchev–Trinajstić information content (AvgIpc) is 2.21. The van der Waals surface area contributed by atoms with E-state index in [0.29, 0.717) is 13.2 Å². The van der Waals surface area contributed by atoms with E-state index >= 15 is 0 Å². The van der Waals surface area contributed by atoms with Crippen molar-refractivity contribution in [1.29, 1.82) is 0 Å². The number of esters is 1. The van der Waals surface area contributed by atoms with Gasteiger partial charge in [-0.25, -0.2) is 0 Å². The van der Waals surface area contributed by atoms with E-state index in [2.05, 4.69) is 5.32 Å². The smallest absolute Gasteiger partial charge is 0.308 e. The summed E-state index contributed by atoms with van der Waals surface area (Å²) in [4.78, 5) is 21.2. The van der Waals surface area contributed by atoms with E-state index in [0.717, 1.165) is 0 Å². The molecule has 1 heterocycles. The van der Waals surface area contributed by atoms with Gasteiger partial charge in [0.15, 0.2) is 0 Å². The van der Waals surface area contributed by atoms with Crippen molar-refractivity contribution in [3.8, 4) is 0 Å². The second-order valence-corrected chi connectivity index (χ2v) is 4.86. The number of aliphatic hydroxyl groups excluding tert-OH is 1. The molecule has 1 atom stereocenters. The van der Waals surface area contributed by atoms with Crippen LogP contribution in [0.3, 0.4) is 0 Å². The number of nitrogens with one attached hydrogen (secondary N) is 1. The van der Waals surface area contributed by atoms with Gasteiger partial charge in [-0.1, -0.05) is 0 Å². The fourth-order valence-electron chi connectivity index (χ4n) is 1.11. The molecule has 6 nitrogen and oxygen atoms in total. The van der Waals surface area contributed by atoms with Crippen LogP contribution in [0.5, 0.6) is 0 Å². The van der Waals surface area contributed by atoms with E-state index in [1.54, 1.807) is 27.7 Å². The number of rotatable bonds is 2. The molecule has 0 aromatic heterocycles. The summed E-state index contributed by atoms with van der Waals surface area (Å²) in [6.45, 7) is 8.28. The van der Waals surface area contributed by atoms with Crippen molar-refractivity contribution in [2.45, 2.75) is 45.8 Å². The summed E-state index contributed by atoms with van der Waals surface area (Å²) in [5, 5.41) is 11.0. The van der Waals surface area contributed by atoms with Gasteiger partial charge in [-0.05, 0) is 27.7 Å². The van der Waals surface area contributed by atoms with Crippen molar-refractivity contribution in [3.63, 3.8) is 0 Å². The second-order valence-electron chi connectivity index (χ2n) is 4.86. The van der Waals surface area contributed by atoms with Gasteiger partial charge >= 0.3 is 5.97 Å². The molecule has 6 heteroatoms. The number of carbonyl (C=O) groups is 2. The predicted octanol–water partition coefficient (Wildman–Crippen LogP) is 0.232.